The molecule has 0 fully saturated rings. The van der Waals surface area contributed by atoms with Crippen molar-refractivity contribution in [2.45, 2.75) is 89.6 Å². The first-order chi connectivity index (χ1) is 18.8. The van der Waals surface area contributed by atoms with E-state index in [9.17, 15) is 127 Å². The standard InChI is InChI=1S/C16H4F29/c1-2-3(17,18)4(19,20)5(21,22)6(23,24)7(25,26)8(27,28)9(29,30)10(31,32)11(33,34)12(35,36)13(37,38)14(39,40)15(41,42)16(43,44)45/h1-2H2. The van der Waals surface area contributed by atoms with E-state index >= 15 is 0 Å². The molecule has 0 N–H and O–H groups in total. The lowest BCUT2D eigenvalue weighted by Crippen LogP contribution is -2.79. The van der Waals surface area contributed by atoms with Crippen LogP contribution in [0.1, 0.15) is 6.42 Å². The van der Waals surface area contributed by atoms with Gasteiger partial charge < -0.3 is 0 Å². The zero-order valence-corrected chi connectivity index (χ0v) is 19.4. The Morgan fingerprint density at radius 1 is 0.222 bits per heavy atom. The largest absolute Gasteiger partial charge is 0.460 e. The second-order valence-corrected chi connectivity index (χ2v) is 8.34. The third kappa shape index (κ3) is 4.82. The molecule has 0 nitrogen and oxygen atoms in total. The van der Waals surface area contributed by atoms with Gasteiger partial charge in [0.25, 0.3) is 0 Å². The van der Waals surface area contributed by atoms with E-state index in [2.05, 4.69) is 0 Å². The summed E-state index contributed by atoms with van der Waals surface area (Å²) >= 11 is 0. The van der Waals surface area contributed by atoms with Crippen LogP contribution >= 0.6 is 0 Å². The molecule has 271 valence electrons. The average molecular weight is 747 g/mol. The van der Waals surface area contributed by atoms with Crippen LogP contribution in [0, 0.1) is 6.92 Å². The molecule has 0 aliphatic rings. The molecule has 0 bridgehead atoms. The van der Waals surface area contributed by atoms with Gasteiger partial charge in [-0.15, -0.1) is 0 Å². The quantitative estimate of drug-likeness (QED) is 0.165. The van der Waals surface area contributed by atoms with Crippen LogP contribution in [0.4, 0.5) is 127 Å². The SMILES string of the molecule is [CH2]CC(F)(F)C(F)(F)C(F)(F)C(F)(F)C(F)(F)C(F)(F)C(F)(F)C(F)(F)C(F)(F)C(F)(F)C(F)(F)C(F)(F)C(F)(F)C(F)(F)F. The lowest BCUT2D eigenvalue weighted by Gasteiger charge is -2.46. The van der Waals surface area contributed by atoms with Crippen molar-refractivity contribution in [1.82, 2.24) is 0 Å². The molecule has 0 saturated carbocycles. The molecular formula is C16H4F29. The highest BCUT2D eigenvalue weighted by atomic mass is 19.4. The maximum Gasteiger partial charge on any atom is 0.460 e. The third-order valence-electron chi connectivity index (χ3n) is 5.47. The fourth-order valence-corrected chi connectivity index (χ4v) is 2.54. The molecule has 0 aliphatic heterocycles. The van der Waals surface area contributed by atoms with Gasteiger partial charge in [0.05, 0.1) is 0 Å². The summed E-state index contributed by atoms with van der Waals surface area (Å²) in [5, 5.41) is 0. The first kappa shape index (κ1) is 43.0. The molecule has 0 unspecified atom stereocenters. The summed E-state index contributed by atoms with van der Waals surface area (Å²) in [6, 6.07) is 0. The second kappa shape index (κ2) is 10.2. The Hall–Kier alpha value is -2.03. The molecule has 29 heteroatoms. The van der Waals surface area contributed by atoms with E-state index in [0.717, 1.165) is 0 Å². The predicted octanol–water partition coefficient (Wildman–Crippen LogP) is 10.0. The Morgan fingerprint density at radius 3 is 0.489 bits per heavy atom. The highest BCUT2D eigenvalue weighted by molar-refractivity contribution is 5.21. The van der Waals surface area contributed by atoms with Crippen molar-refractivity contribution in [3.05, 3.63) is 6.92 Å². The van der Waals surface area contributed by atoms with Crippen molar-refractivity contribution in [2.75, 3.05) is 0 Å². The van der Waals surface area contributed by atoms with Gasteiger partial charge in [0.15, 0.2) is 0 Å². The molecule has 0 saturated heterocycles. The van der Waals surface area contributed by atoms with Crippen molar-refractivity contribution < 1.29 is 127 Å². The summed E-state index contributed by atoms with van der Waals surface area (Å²) in [5.74, 6) is -120. The van der Waals surface area contributed by atoms with Crippen LogP contribution in [0.3, 0.4) is 0 Å². The molecule has 0 amide bonds. The molecule has 0 aromatic carbocycles. The van der Waals surface area contributed by atoms with E-state index in [1.807, 2.05) is 0 Å². The second-order valence-electron chi connectivity index (χ2n) is 8.34. The summed E-state index contributed by atoms with van der Waals surface area (Å²) in [6.07, 6.45) is -11.4. The molecule has 0 heterocycles. The molecule has 0 aromatic heterocycles. The summed E-state index contributed by atoms with van der Waals surface area (Å²) in [4.78, 5) is 0. The Morgan fingerprint density at radius 2 is 0.356 bits per heavy atom. The highest BCUT2D eigenvalue weighted by Crippen LogP contribution is 2.69. The maximum absolute atomic E-state index is 13.6. The van der Waals surface area contributed by atoms with Crippen molar-refractivity contribution >= 4 is 0 Å². The third-order valence-corrected chi connectivity index (χ3v) is 5.47. The molecule has 1 radical (unpaired) electrons. The molecule has 45 heavy (non-hydrogen) atoms. The fourth-order valence-electron chi connectivity index (χ4n) is 2.54. The van der Waals surface area contributed by atoms with Crippen molar-refractivity contribution in [3.63, 3.8) is 0 Å². The van der Waals surface area contributed by atoms with E-state index in [4.69, 9.17) is 0 Å². The summed E-state index contributed by atoms with van der Waals surface area (Å²) < 4.78 is 383. The van der Waals surface area contributed by atoms with Gasteiger partial charge in [0.2, 0.25) is 0 Å². The lowest BCUT2D eigenvalue weighted by atomic mass is 9.83. The highest BCUT2D eigenvalue weighted by Gasteiger charge is 3.00. The molecule has 0 atom stereocenters. The van der Waals surface area contributed by atoms with Crippen LogP contribution in [0.25, 0.3) is 0 Å². The number of alkyl halides is 29. The van der Waals surface area contributed by atoms with Gasteiger partial charge in [-0.05, 0) is 6.92 Å². The minimum Gasteiger partial charge on any atom is -0.200 e. The van der Waals surface area contributed by atoms with Gasteiger partial charge in [-0.3, -0.25) is 0 Å². The Bertz CT molecular complexity index is 1070. The average Bonchev–Trinajstić information content (AvgIpc) is 2.81. The monoisotopic (exact) mass is 747 g/mol. The smallest absolute Gasteiger partial charge is 0.200 e. The zero-order valence-electron chi connectivity index (χ0n) is 19.4. The van der Waals surface area contributed by atoms with Crippen LogP contribution in [0.2, 0.25) is 0 Å². The minimum absolute atomic E-state index is 1.68. The maximum atomic E-state index is 13.6. The van der Waals surface area contributed by atoms with Gasteiger partial charge >= 0.3 is 83.2 Å². The van der Waals surface area contributed by atoms with E-state index in [1.165, 1.54) is 0 Å². The van der Waals surface area contributed by atoms with Gasteiger partial charge in [0.1, 0.15) is 0 Å². The first-order valence-electron chi connectivity index (χ1n) is 9.58. The normalized spacial score (nSPS) is 17.2. The van der Waals surface area contributed by atoms with Gasteiger partial charge in [-0.1, -0.05) is 0 Å². The van der Waals surface area contributed by atoms with Crippen LogP contribution in [-0.2, 0) is 0 Å². The zero-order chi connectivity index (χ0) is 37.7. The van der Waals surface area contributed by atoms with Crippen LogP contribution in [-0.4, -0.2) is 83.2 Å². The minimum atomic E-state index is -9.91. The number of hydrogen-bond donors (Lipinski definition) is 0. The van der Waals surface area contributed by atoms with Crippen LogP contribution in [0.5, 0.6) is 0 Å². The molecule has 0 rings (SSSR count). The Labute approximate surface area is 225 Å². The van der Waals surface area contributed by atoms with E-state index in [1.54, 1.807) is 6.92 Å². The van der Waals surface area contributed by atoms with Crippen LogP contribution in [0.15, 0.2) is 0 Å². The number of hydrogen-bond acceptors (Lipinski definition) is 0. The van der Waals surface area contributed by atoms with Gasteiger partial charge in [0, 0.05) is 6.42 Å². The topological polar surface area (TPSA) is 0 Å². The Kier molecular flexibility index (Phi) is 9.77. The molecule has 0 aromatic rings. The van der Waals surface area contributed by atoms with Gasteiger partial charge in [-0.25, -0.2) is 0 Å². The summed E-state index contributed by atoms with van der Waals surface area (Å²) in [6.45, 7) is 1.68. The van der Waals surface area contributed by atoms with Crippen molar-refractivity contribution in [3.8, 4) is 0 Å². The summed E-state index contributed by atoms with van der Waals surface area (Å²) in [7, 11) is 0. The number of halogens is 29. The van der Waals surface area contributed by atoms with E-state index in [0.29, 0.717) is 0 Å². The molecule has 0 aliphatic carbocycles. The van der Waals surface area contributed by atoms with Crippen molar-refractivity contribution in [1.29, 1.82) is 0 Å². The lowest BCUT2D eigenvalue weighted by molar-refractivity contribution is -0.487. The van der Waals surface area contributed by atoms with Gasteiger partial charge in [-0.2, -0.15) is 127 Å². The van der Waals surface area contributed by atoms with E-state index in [-0.39, 0.29) is 0 Å². The summed E-state index contributed by atoms with van der Waals surface area (Å²) in [5.41, 5.74) is 0. The van der Waals surface area contributed by atoms with E-state index < -0.39 is 89.6 Å². The molecular weight excluding hydrogens is 743 g/mol. The van der Waals surface area contributed by atoms with Crippen LogP contribution < -0.4 is 0 Å². The molecule has 0 spiro atoms. The predicted molar refractivity (Wildman–Crippen MR) is 80.3 cm³/mol. The number of rotatable bonds is 13. The van der Waals surface area contributed by atoms with Crippen molar-refractivity contribution in [2.24, 2.45) is 0 Å². The first-order valence-corrected chi connectivity index (χ1v) is 9.58. The Balaban J connectivity index is 7.53. The fraction of sp³-hybridized carbons (Fsp3) is 0.938.